The van der Waals surface area contributed by atoms with Gasteiger partial charge in [-0.05, 0) is 45.7 Å². The van der Waals surface area contributed by atoms with Crippen LogP contribution in [0.1, 0.15) is 48.8 Å². The van der Waals surface area contributed by atoms with Gasteiger partial charge in [-0.3, -0.25) is 9.59 Å². The number of hydrogen-bond donors (Lipinski definition) is 0. The van der Waals surface area contributed by atoms with Crippen LogP contribution in [-0.2, 0) is 4.79 Å². The summed E-state index contributed by atoms with van der Waals surface area (Å²) in [5.41, 5.74) is 1.53. The van der Waals surface area contributed by atoms with E-state index in [9.17, 15) is 9.59 Å². The van der Waals surface area contributed by atoms with E-state index >= 15 is 0 Å². The average molecular weight is 399 g/mol. The molecule has 8 heteroatoms. The minimum absolute atomic E-state index is 0.0139. The van der Waals surface area contributed by atoms with E-state index in [4.69, 9.17) is 4.74 Å². The Hall–Kier alpha value is -2.90. The van der Waals surface area contributed by atoms with Gasteiger partial charge in [0.25, 0.3) is 11.8 Å². The summed E-state index contributed by atoms with van der Waals surface area (Å²) in [6.07, 6.45) is 3.28. The highest BCUT2D eigenvalue weighted by Crippen LogP contribution is 2.22. The van der Waals surface area contributed by atoms with Gasteiger partial charge >= 0.3 is 0 Å². The first-order valence-electron chi connectivity index (χ1n) is 10.2. The number of ether oxygens (including phenoxy) is 1. The molecule has 2 amide bonds. The molecular weight excluding hydrogens is 370 g/mol. The number of carbonyl (C=O) groups excluding carboxylic acids is 2. The molecule has 1 aromatic carbocycles. The maximum atomic E-state index is 12.4. The van der Waals surface area contributed by atoms with Crippen molar-refractivity contribution in [2.24, 2.45) is 0 Å². The van der Waals surface area contributed by atoms with Crippen LogP contribution < -0.4 is 4.74 Å². The highest BCUT2D eigenvalue weighted by atomic mass is 16.5. The first kappa shape index (κ1) is 20.8. The van der Waals surface area contributed by atoms with E-state index in [0.29, 0.717) is 37.6 Å². The largest absolute Gasteiger partial charge is 0.484 e. The van der Waals surface area contributed by atoms with Gasteiger partial charge in [0.05, 0.1) is 12.2 Å². The van der Waals surface area contributed by atoms with E-state index in [-0.39, 0.29) is 24.5 Å². The fourth-order valence-electron chi connectivity index (χ4n) is 3.48. The Morgan fingerprint density at radius 3 is 2.41 bits per heavy atom. The Kier molecular flexibility index (Phi) is 6.85. The van der Waals surface area contributed by atoms with Gasteiger partial charge in [0.1, 0.15) is 5.75 Å². The number of likely N-dealkylation sites (tertiary alicyclic amines) is 1. The summed E-state index contributed by atoms with van der Waals surface area (Å²) in [5.74, 6) is 0.592. The SMILES string of the molecule is CCN(CC)C(=O)c1cn(C2CCN(C(=O)COc3ccc(C)cc3)CC2)nn1. The molecule has 0 aliphatic carbocycles. The van der Waals surface area contributed by atoms with Crippen LogP contribution in [0.3, 0.4) is 0 Å². The maximum Gasteiger partial charge on any atom is 0.276 e. The lowest BCUT2D eigenvalue weighted by Gasteiger charge is -2.31. The topological polar surface area (TPSA) is 80.6 Å². The Morgan fingerprint density at radius 2 is 1.79 bits per heavy atom. The number of amides is 2. The number of nitrogens with zero attached hydrogens (tertiary/aromatic N) is 5. The van der Waals surface area contributed by atoms with Crippen molar-refractivity contribution >= 4 is 11.8 Å². The molecule has 3 rings (SSSR count). The van der Waals surface area contributed by atoms with Crippen molar-refractivity contribution in [2.45, 2.75) is 39.7 Å². The van der Waals surface area contributed by atoms with E-state index in [1.54, 1.807) is 15.8 Å². The summed E-state index contributed by atoms with van der Waals surface area (Å²) in [5, 5.41) is 8.21. The predicted octanol–water partition coefficient (Wildman–Crippen LogP) is 2.31. The Bertz CT molecular complexity index is 821. The fourth-order valence-corrected chi connectivity index (χ4v) is 3.48. The lowest BCUT2D eigenvalue weighted by Crippen LogP contribution is -2.41. The van der Waals surface area contributed by atoms with Crippen molar-refractivity contribution in [3.8, 4) is 5.75 Å². The van der Waals surface area contributed by atoms with Crippen LogP contribution >= 0.6 is 0 Å². The van der Waals surface area contributed by atoms with Crippen LogP contribution in [0, 0.1) is 6.92 Å². The molecule has 0 unspecified atom stereocenters. The van der Waals surface area contributed by atoms with Crippen LogP contribution in [0.25, 0.3) is 0 Å². The van der Waals surface area contributed by atoms with Gasteiger partial charge in [0.15, 0.2) is 12.3 Å². The van der Waals surface area contributed by atoms with Crippen LogP contribution in [0.4, 0.5) is 0 Å². The fraction of sp³-hybridized carbons (Fsp3) is 0.524. The van der Waals surface area contributed by atoms with Gasteiger partial charge in [0, 0.05) is 26.2 Å². The second-order valence-electron chi connectivity index (χ2n) is 7.27. The van der Waals surface area contributed by atoms with Crippen LogP contribution in [0.15, 0.2) is 30.5 Å². The smallest absolute Gasteiger partial charge is 0.276 e. The zero-order valence-electron chi connectivity index (χ0n) is 17.4. The normalized spacial score (nSPS) is 14.7. The standard InChI is InChI=1S/C21H29N5O3/c1-4-24(5-2)21(28)19-14-26(23-22-19)17-10-12-25(13-11-17)20(27)15-29-18-8-6-16(3)7-9-18/h6-9,14,17H,4-5,10-13,15H2,1-3H3. The first-order chi connectivity index (χ1) is 14.0. The summed E-state index contributed by atoms with van der Waals surface area (Å²) in [6, 6.07) is 7.81. The van der Waals surface area contributed by atoms with Gasteiger partial charge in [-0.15, -0.1) is 5.10 Å². The molecule has 0 radical (unpaired) electrons. The monoisotopic (exact) mass is 399 g/mol. The summed E-state index contributed by atoms with van der Waals surface area (Å²) in [4.78, 5) is 28.4. The molecule has 1 aliphatic heterocycles. The summed E-state index contributed by atoms with van der Waals surface area (Å²) in [6.45, 7) is 8.51. The number of benzene rings is 1. The van der Waals surface area contributed by atoms with Crippen molar-refractivity contribution in [1.82, 2.24) is 24.8 Å². The number of carbonyl (C=O) groups is 2. The lowest BCUT2D eigenvalue weighted by molar-refractivity contribution is -0.134. The van der Waals surface area contributed by atoms with Crippen molar-refractivity contribution in [1.29, 1.82) is 0 Å². The van der Waals surface area contributed by atoms with Crippen molar-refractivity contribution in [3.05, 3.63) is 41.7 Å². The van der Waals surface area contributed by atoms with Gasteiger partial charge in [-0.2, -0.15) is 0 Å². The zero-order chi connectivity index (χ0) is 20.8. The second-order valence-corrected chi connectivity index (χ2v) is 7.27. The van der Waals surface area contributed by atoms with Gasteiger partial charge < -0.3 is 14.5 Å². The van der Waals surface area contributed by atoms with Crippen molar-refractivity contribution < 1.29 is 14.3 Å². The summed E-state index contributed by atoms with van der Waals surface area (Å²) < 4.78 is 7.37. The molecule has 1 fully saturated rings. The molecule has 29 heavy (non-hydrogen) atoms. The van der Waals surface area contributed by atoms with Crippen molar-refractivity contribution in [3.63, 3.8) is 0 Å². The Morgan fingerprint density at radius 1 is 1.14 bits per heavy atom. The number of hydrogen-bond acceptors (Lipinski definition) is 5. The molecule has 0 saturated carbocycles. The van der Waals surface area contributed by atoms with Gasteiger partial charge in [-0.1, -0.05) is 22.9 Å². The van der Waals surface area contributed by atoms with Crippen LogP contribution in [0.2, 0.25) is 0 Å². The number of aromatic nitrogens is 3. The molecule has 156 valence electrons. The first-order valence-corrected chi connectivity index (χ1v) is 10.2. The maximum absolute atomic E-state index is 12.4. The van der Waals surface area contributed by atoms with E-state index in [1.165, 1.54) is 0 Å². The average Bonchev–Trinajstić information content (AvgIpc) is 3.24. The molecule has 1 aliphatic rings. The number of piperidine rings is 1. The van der Waals surface area contributed by atoms with Gasteiger partial charge in [0.2, 0.25) is 0 Å². The molecule has 1 saturated heterocycles. The third kappa shape index (κ3) is 5.13. The van der Waals surface area contributed by atoms with Crippen LogP contribution in [-0.4, -0.2) is 69.4 Å². The highest BCUT2D eigenvalue weighted by molar-refractivity contribution is 5.91. The highest BCUT2D eigenvalue weighted by Gasteiger charge is 2.26. The Labute approximate surface area is 171 Å². The Balaban J connectivity index is 1.49. The van der Waals surface area contributed by atoms with Crippen molar-refractivity contribution in [2.75, 3.05) is 32.8 Å². The third-order valence-corrected chi connectivity index (χ3v) is 5.35. The molecule has 0 spiro atoms. The summed E-state index contributed by atoms with van der Waals surface area (Å²) in [7, 11) is 0. The molecule has 2 heterocycles. The van der Waals surface area contributed by atoms with E-state index < -0.39 is 0 Å². The van der Waals surface area contributed by atoms with E-state index in [1.807, 2.05) is 49.9 Å². The molecule has 1 aromatic heterocycles. The predicted molar refractivity (Wildman–Crippen MR) is 109 cm³/mol. The summed E-state index contributed by atoms with van der Waals surface area (Å²) >= 11 is 0. The molecule has 0 atom stereocenters. The molecule has 8 nitrogen and oxygen atoms in total. The second kappa shape index (κ2) is 9.54. The van der Waals surface area contributed by atoms with Gasteiger partial charge in [-0.25, -0.2) is 4.68 Å². The molecule has 0 bridgehead atoms. The van der Waals surface area contributed by atoms with E-state index in [0.717, 1.165) is 18.4 Å². The third-order valence-electron chi connectivity index (χ3n) is 5.35. The molecular formula is C21H29N5O3. The van der Waals surface area contributed by atoms with Crippen LogP contribution in [0.5, 0.6) is 5.75 Å². The van der Waals surface area contributed by atoms with E-state index in [2.05, 4.69) is 10.3 Å². The number of rotatable bonds is 7. The molecule has 0 N–H and O–H groups in total. The minimum Gasteiger partial charge on any atom is -0.484 e. The zero-order valence-corrected chi connectivity index (χ0v) is 17.4. The molecule has 2 aromatic rings. The lowest BCUT2D eigenvalue weighted by atomic mass is 10.1. The number of aryl methyl sites for hydroxylation is 1. The quantitative estimate of drug-likeness (QED) is 0.714. The minimum atomic E-state index is -0.0953.